The summed E-state index contributed by atoms with van der Waals surface area (Å²) in [5.41, 5.74) is 3.36. The first-order chi connectivity index (χ1) is 8.58. The molecule has 0 unspecified atom stereocenters. The van der Waals surface area contributed by atoms with E-state index in [-0.39, 0.29) is 5.91 Å². The molecule has 0 saturated heterocycles. The molecular formula is C14H17N3O. The molecule has 94 valence electrons. The zero-order valence-corrected chi connectivity index (χ0v) is 10.8. The highest BCUT2D eigenvalue weighted by molar-refractivity contribution is 6.04. The van der Waals surface area contributed by atoms with Crippen molar-refractivity contribution in [2.75, 3.05) is 5.32 Å². The van der Waals surface area contributed by atoms with Gasteiger partial charge >= 0.3 is 0 Å². The molecular weight excluding hydrogens is 226 g/mol. The number of nitrogens with zero attached hydrogens (tertiary/aromatic N) is 1. The van der Waals surface area contributed by atoms with E-state index in [0.29, 0.717) is 11.5 Å². The molecule has 1 heterocycles. The van der Waals surface area contributed by atoms with E-state index < -0.39 is 0 Å². The van der Waals surface area contributed by atoms with Crippen LogP contribution in [0.4, 0.5) is 5.69 Å². The van der Waals surface area contributed by atoms with Gasteiger partial charge in [0, 0.05) is 11.4 Å². The van der Waals surface area contributed by atoms with Crippen LogP contribution in [-0.4, -0.2) is 16.1 Å². The minimum Gasteiger partial charge on any atom is -0.322 e. The van der Waals surface area contributed by atoms with E-state index in [1.54, 1.807) is 0 Å². The predicted molar refractivity (Wildman–Crippen MR) is 71.8 cm³/mol. The number of aryl methyl sites for hydroxylation is 1. The third-order valence-electron chi connectivity index (χ3n) is 2.89. The molecule has 4 nitrogen and oxygen atoms in total. The smallest absolute Gasteiger partial charge is 0.259 e. The number of rotatable bonds is 3. The molecule has 0 aliphatic rings. The van der Waals surface area contributed by atoms with Crippen molar-refractivity contribution < 1.29 is 4.79 Å². The molecule has 18 heavy (non-hydrogen) atoms. The summed E-state index contributed by atoms with van der Waals surface area (Å²) in [5.74, 6) is 0.305. The highest BCUT2D eigenvalue weighted by Crippen LogP contribution is 2.19. The number of benzene rings is 1. The van der Waals surface area contributed by atoms with Gasteiger partial charge in [0.05, 0.1) is 11.8 Å². The van der Waals surface area contributed by atoms with Crippen LogP contribution in [0.5, 0.6) is 0 Å². The van der Waals surface area contributed by atoms with Gasteiger partial charge in [-0.3, -0.25) is 9.89 Å². The van der Waals surface area contributed by atoms with Crippen molar-refractivity contribution in [2.24, 2.45) is 0 Å². The Labute approximate surface area is 106 Å². The van der Waals surface area contributed by atoms with Crippen molar-refractivity contribution in [3.05, 3.63) is 47.3 Å². The molecule has 2 rings (SSSR count). The molecule has 2 aromatic rings. The second-order valence-corrected chi connectivity index (χ2v) is 4.64. The fourth-order valence-electron chi connectivity index (χ4n) is 1.75. The third-order valence-corrected chi connectivity index (χ3v) is 2.89. The predicted octanol–water partition coefficient (Wildman–Crippen LogP) is 3.09. The highest BCUT2D eigenvalue weighted by atomic mass is 16.1. The zero-order valence-electron chi connectivity index (χ0n) is 10.8. The molecule has 1 amide bonds. The fourth-order valence-corrected chi connectivity index (χ4v) is 1.75. The van der Waals surface area contributed by atoms with Gasteiger partial charge in [0.1, 0.15) is 0 Å². The lowest BCUT2D eigenvalue weighted by Crippen LogP contribution is -2.12. The van der Waals surface area contributed by atoms with Crippen LogP contribution in [0.1, 0.15) is 41.4 Å². The second-order valence-electron chi connectivity index (χ2n) is 4.64. The minimum atomic E-state index is -0.137. The number of carbonyl (C=O) groups excluding carboxylic acids is 1. The first kappa shape index (κ1) is 12.4. The summed E-state index contributed by atoms with van der Waals surface area (Å²) in [6.45, 7) is 6.08. The Morgan fingerprint density at radius 1 is 1.39 bits per heavy atom. The summed E-state index contributed by atoms with van der Waals surface area (Å²) < 4.78 is 0. The standard InChI is InChI=1S/C14H17N3O/c1-9(2)11-5-4-6-12(7-11)16-14(18)13-8-15-17-10(13)3/h4-9H,1-3H3,(H,15,17)(H,16,18). The Hall–Kier alpha value is -2.10. The Kier molecular flexibility index (Phi) is 3.46. The number of hydrogen-bond acceptors (Lipinski definition) is 2. The van der Waals surface area contributed by atoms with Gasteiger partial charge in [-0.25, -0.2) is 0 Å². The number of carbonyl (C=O) groups is 1. The first-order valence-corrected chi connectivity index (χ1v) is 5.99. The number of amides is 1. The van der Waals surface area contributed by atoms with Crippen molar-refractivity contribution in [1.29, 1.82) is 0 Å². The lowest BCUT2D eigenvalue weighted by atomic mass is 10.0. The van der Waals surface area contributed by atoms with Crippen molar-refractivity contribution in [2.45, 2.75) is 26.7 Å². The molecule has 0 atom stereocenters. The van der Waals surface area contributed by atoms with Gasteiger partial charge in [-0.2, -0.15) is 5.10 Å². The van der Waals surface area contributed by atoms with Crippen molar-refractivity contribution in [3.63, 3.8) is 0 Å². The molecule has 2 N–H and O–H groups in total. The van der Waals surface area contributed by atoms with Crippen LogP contribution < -0.4 is 5.32 Å². The lowest BCUT2D eigenvalue weighted by Gasteiger charge is -2.09. The van der Waals surface area contributed by atoms with Crippen LogP contribution in [0.25, 0.3) is 0 Å². The molecule has 0 aliphatic carbocycles. The lowest BCUT2D eigenvalue weighted by molar-refractivity contribution is 0.102. The van der Waals surface area contributed by atoms with Gasteiger partial charge in [0.2, 0.25) is 0 Å². The molecule has 0 aliphatic heterocycles. The maximum atomic E-state index is 12.0. The second kappa shape index (κ2) is 5.04. The average Bonchev–Trinajstić information content (AvgIpc) is 2.76. The number of H-pyrrole nitrogens is 1. The summed E-state index contributed by atoms with van der Waals surface area (Å²) in [4.78, 5) is 12.0. The highest BCUT2D eigenvalue weighted by Gasteiger charge is 2.11. The van der Waals surface area contributed by atoms with Gasteiger partial charge in [-0.05, 0) is 30.5 Å². The fraction of sp³-hybridized carbons (Fsp3) is 0.286. The van der Waals surface area contributed by atoms with E-state index in [1.807, 2.05) is 25.1 Å². The summed E-state index contributed by atoms with van der Waals surface area (Å²) in [6.07, 6.45) is 1.54. The molecule has 1 aromatic heterocycles. The number of aromatic nitrogens is 2. The molecule has 0 saturated carbocycles. The maximum Gasteiger partial charge on any atom is 0.259 e. The normalized spacial score (nSPS) is 10.7. The zero-order chi connectivity index (χ0) is 13.1. The van der Waals surface area contributed by atoms with E-state index in [1.165, 1.54) is 11.8 Å². The maximum absolute atomic E-state index is 12.0. The summed E-state index contributed by atoms with van der Waals surface area (Å²) >= 11 is 0. The quantitative estimate of drug-likeness (QED) is 0.870. The van der Waals surface area contributed by atoms with E-state index in [0.717, 1.165) is 11.4 Å². The van der Waals surface area contributed by atoms with Crippen molar-refractivity contribution >= 4 is 11.6 Å². The Balaban J connectivity index is 2.17. The van der Waals surface area contributed by atoms with Gasteiger partial charge in [-0.15, -0.1) is 0 Å². The molecule has 0 fully saturated rings. The first-order valence-electron chi connectivity index (χ1n) is 5.99. The number of nitrogens with one attached hydrogen (secondary N) is 2. The molecule has 0 spiro atoms. The largest absolute Gasteiger partial charge is 0.322 e. The molecule has 0 radical (unpaired) electrons. The topological polar surface area (TPSA) is 57.8 Å². The molecule has 0 bridgehead atoms. The van der Waals surface area contributed by atoms with Gasteiger partial charge in [-0.1, -0.05) is 26.0 Å². The van der Waals surface area contributed by atoms with Crippen molar-refractivity contribution in [1.82, 2.24) is 10.2 Å². The van der Waals surface area contributed by atoms with E-state index >= 15 is 0 Å². The SMILES string of the molecule is Cc1[nH]ncc1C(=O)Nc1cccc(C(C)C)c1. The van der Waals surface area contributed by atoms with E-state index in [2.05, 4.69) is 35.4 Å². The number of anilines is 1. The number of hydrogen-bond donors (Lipinski definition) is 2. The molecule has 4 heteroatoms. The number of aromatic amines is 1. The van der Waals surface area contributed by atoms with Crippen LogP contribution in [0.2, 0.25) is 0 Å². The van der Waals surface area contributed by atoms with Crippen LogP contribution in [0.15, 0.2) is 30.5 Å². The minimum absolute atomic E-state index is 0.137. The van der Waals surface area contributed by atoms with Crippen LogP contribution >= 0.6 is 0 Å². The van der Waals surface area contributed by atoms with Crippen LogP contribution in [0, 0.1) is 6.92 Å². The van der Waals surface area contributed by atoms with E-state index in [9.17, 15) is 4.79 Å². The summed E-state index contributed by atoms with van der Waals surface area (Å²) in [5, 5.41) is 9.48. The monoisotopic (exact) mass is 243 g/mol. The summed E-state index contributed by atoms with van der Waals surface area (Å²) in [7, 11) is 0. The average molecular weight is 243 g/mol. The van der Waals surface area contributed by atoms with Crippen LogP contribution in [-0.2, 0) is 0 Å². The van der Waals surface area contributed by atoms with E-state index in [4.69, 9.17) is 0 Å². The van der Waals surface area contributed by atoms with Gasteiger partial charge in [0.15, 0.2) is 0 Å². The third kappa shape index (κ3) is 2.59. The van der Waals surface area contributed by atoms with Crippen LogP contribution in [0.3, 0.4) is 0 Å². The van der Waals surface area contributed by atoms with Crippen molar-refractivity contribution in [3.8, 4) is 0 Å². The van der Waals surface area contributed by atoms with Gasteiger partial charge in [0.25, 0.3) is 5.91 Å². The summed E-state index contributed by atoms with van der Waals surface area (Å²) in [6, 6.07) is 7.90. The Morgan fingerprint density at radius 3 is 2.78 bits per heavy atom. The Morgan fingerprint density at radius 2 is 2.17 bits per heavy atom. The molecule has 1 aromatic carbocycles. The van der Waals surface area contributed by atoms with Gasteiger partial charge < -0.3 is 5.32 Å². The Bertz CT molecular complexity index is 558.